The molecule has 0 fully saturated rings. The molecule has 1 aliphatic carbocycles. The van der Waals surface area contributed by atoms with Gasteiger partial charge in [-0.1, -0.05) is 6.92 Å². The maximum absolute atomic E-state index is 11.8. The smallest absolute Gasteiger partial charge is 0.237 e. The molecule has 1 N–H and O–H groups in total. The average Bonchev–Trinajstić information content (AvgIpc) is 2.35. The van der Waals surface area contributed by atoms with Gasteiger partial charge in [-0.3, -0.25) is 4.79 Å². The summed E-state index contributed by atoms with van der Waals surface area (Å²) >= 11 is 1.73. The average molecular weight is 247 g/mol. The number of benzene rings is 1. The van der Waals surface area contributed by atoms with Crippen molar-refractivity contribution in [2.24, 2.45) is 0 Å². The van der Waals surface area contributed by atoms with Crippen LogP contribution in [-0.2, 0) is 17.6 Å². The number of hydrogen-bond donors (Lipinski definition) is 1. The molecule has 0 aromatic heterocycles. The van der Waals surface area contributed by atoms with Gasteiger partial charge in [-0.2, -0.15) is 0 Å². The highest BCUT2D eigenvalue weighted by Gasteiger charge is 2.26. The molecule has 3 rings (SSSR count). The van der Waals surface area contributed by atoms with Crippen LogP contribution in [0.15, 0.2) is 17.0 Å². The summed E-state index contributed by atoms with van der Waals surface area (Å²) in [5.41, 5.74) is 3.96. The van der Waals surface area contributed by atoms with Crippen LogP contribution in [0, 0.1) is 0 Å². The van der Waals surface area contributed by atoms with Gasteiger partial charge in [-0.15, -0.1) is 11.8 Å². The summed E-state index contributed by atoms with van der Waals surface area (Å²) in [6.45, 7) is 2.07. The summed E-state index contributed by atoms with van der Waals surface area (Å²) < 4.78 is 0. The van der Waals surface area contributed by atoms with Crippen molar-refractivity contribution in [3.8, 4) is 0 Å². The van der Waals surface area contributed by atoms with Gasteiger partial charge in [0.15, 0.2) is 0 Å². The highest BCUT2D eigenvalue weighted by atomic mass is 32.2. The molecule has 0 saturated heterocycles. The van der Waals surface area contributed by atoms with E-state index in [2.05, 4.69) is 24.4 Å². The van der Waals surface area contributed by atoms with Crippen LogP contribution in [0.5, 0.6) is 0 Å². The van der Waals surface area contributed by atoms with Crippen molar-refractivity contribution in [2.75, 3.05) is 5.32 Å². The molecule has 2 nitrogen and oxygen atoms in total. The van der Waals surface area contributed by atoms with Crippen LogP contribution >= 0.6 is 11.8 Å². The molecule has 1 amide bonds. The number of nitrogens with one attached hydrogen (secondary N) is 1. The first-order chi connectivity index (χ1) is 8.28. The monoisotopic (exact) mass is 247 g/mol. The van der Waals surface area contributed by atoms with Gasteiger partial charge in [0.05, 0.1) is 10.9 Å². The van der Waals surface area contributed by atoms with Crippen LogP contribution in [-0.4, -0.2) is 11.2 Å². The number of aryl methyl sites for hydroxylation is 2. The summed E-state index contributed by atoms with van der Waals surface area (Å²) in [7, 11) is 0. The Labute approximate surface area is 106 Å². The van der Waals surface area contributed by atoms with Gasteiger partial charge in [0, 0.05) is 4.90 Å². The van der Waals surface area contributed by atoms with E-state index in [1.807, 2.05) is 0 Å². The first-order valence-electron chi connectivity index (χ1n) is 6.41. The van der Waals surface area contributed by atoms with Crippen LogP contribution in [0.3, 0.4) is 0 Å². The lowest BCUT2D eigenvalue weighted by molar-refractivity contribution is -0.115. The Morgan fingerprint density at radius 1 is 1.29 bits per heavy atom. The Morgan fingerprint density at radius 2 is 2.00 bits per heavy atom. The maximum Gasteiger partial charge on any atom is 0.237 e. The van der Waals surface area contributed by atoms with Crippen LogP contribution < -0.4 is 5.32 Å². The number of rotatable bonds is 1. The zero-order valence-corrected chi connectivity index (χ0v) is 10.9. The predicted molar refractivity (Wildman–Crippen MR) is 71.6 cm³/mol. The van der Waals surface area contributed by atoms with Crippen LogP contribution in [0.4, 0.5) is 5.69 Å². The number of anilines is 1. The molecule has 0 saturated carbocycles. The molecule has 1 aromatic rings. The first-order valence-corrected chi connectivity index (χ1v) is 7.29. The molecule has 0 bridgehead atoms. The quantitative estimate of drug-likeness (QED) is 0.824. The van der Waals surface area contributed by atoms with Gasteiger partial charge in [0.2, 0.25) is 5.91 Å². The van der Waals surface area contributed by atoms with Crippen LogP contribution in [0.2, 0.25) is 0 Å². The molecule has 1 unspecified atom stereocenters. The van der Waals surface area contributed by atoms with Crippen molar-refractivity contribution >= 4 is 23.4 Å². The predicted octanol–water partition coefficient (Wildman–Crippen LogP) is 3.39. The minimum absolute atomic E-state index is 0.0872. The minimum atomic E-state index is 0.0872. The molecule has 1 heterocycles. The molecule has 90 valence electrons. The van der Waals surface area contributed by atoms with E-state index in [1.165, 1.54) is 41.7 Å². The Kier molecular flexibility index (Phi) is 2.87. The fraction of sp³-hybridized carbons (Fsp3) is 0.500. The largest absolute Gasteiger partial charge is 0.324 e. The van der Waals surface area contributed by atoms with Gasteiger partial charge in [-0.05, 0) is 55.4 Å². The molecule has 0 spiro atoms. The van der Waals surface area contributed by atoms with Crippen molar-refractivity contribution < 1.29 is 4.79 Å². The Hall–Kier alpha value is -0.960. The molecule has 1 atom stereocenters. The summed E-state index contributed by atoms with van der Waals surface area (Å²) in [4.78, 5) is 13.1. The fourth-order valence-corrected chi connectivity index (χ4v) is 3.73. The summed E-state index contributed by atoms with van der Waals surface area (Å²) in [5.74, 6) is 0.167. The van der Waals surface area contributed by atoms with Gasteiger partial charge in [0.25, 0.3) is 0 Å². The van der Waals surface area contributed by atoms with Crippen LogP contribution in [0.1, 0.15) is 37.3 Å². The molecule has 0 radical (unpaired) electrons. The van der Waals surface area contributed by atoms with Gasteiger partial charge >= 0.3 is 0 Å². The number of hydrogen-bond acceptors (Lipinski definition) is 2. The molecule has 2 aliphatic rings. The number of fused-ring (bicyclic) bond motifs is 2. The SMILES string of the molecule is CCC1Sc2cc3c(cc2NC1=O)CCCC3. The molecule has 1 aromatic carbocycles. The zero-order valence-electron chi connectivity index (χ0n) is 10.1. The van der Waals surface area contributed by atoms with Gasteiger partial charge in [-0.25, -0.2) is 0 Å². The van der Waals surface area contributed by atoms with Gasteiger partial charge in [0.1, 0.15) is 0 Å². The van der Waals surface area contributed by atoms with E-state index in [0.29, 0.717) is 0 Å². The zero-order chi connectivity index (χ0) is 11.8. The Balaban J connectivity index is 1.99. The van der Waals surface area contributed by atoms with Gasteiger partial charge < -0.3 is 5.32 Å². The summed E-state index contributed by atoms with van der Waals surface area (Å²) in [6, 6.07) is 4.50. The van der Waals surface area contributed by atoms with Crippen molar-refractivity contribution in [3.63, 3.8) is 0 Å². The van der Waals surface area contributed by atoms with E-state index in [0.717, 1.165) is 12.1 Å². The number of carbonyl (C=O) groups is 1. The van der Waals surface area contributed by atoms with Crippen molar-refractivity contribution in [2.45, 2.75) is 49.2 Å². The molecule has 3 heteroatoms. The molecule has 1 aliphatic heterocycles. The lowest BCUT2D eigenvalue weighted by Crippen LogP contribution is -2.28. The standard InChI is InChI=1S/C14H17NOS/c1-2-12-14(16)15-11-7-9-5-3-4-6-10(9)8-13(11)17-12/h7-8,12H,2-6H2,1H3,(H,15,16). The van der Waals surface area contributed by atoms with E-state index < -0.39 is 0 Å². The molecular formula is C14H17NOS. The third kappa shape index (κ3) is 1.97. The van der Waals surface area contributed by atoms with E-state index >= 15 is 0 Å². The Bertz CT molecular complexity index is 470. The van der Waals surface area contributed by atoms with Crippen molar-refractivity contribution in [1.82, 2.24) is 0 Å². The summed E-state index contributed by atoms with van der Waals surface area (Å²) in [6.07, 6.45) is 5.85. The van der Waals surface area contributed by atoms with E-state index in [1.54, 1.807) is 11.8 Å². The van der Waals surface area contributed by atoms with Crippen molar-refractivity contribution in [3.05, 3.63) is 23.3 Å². The van der Waals surface area contributed by atoms with E-state index in [9.17, 15) is 4.79 Å². The molecule has 17 heavy (non-hydrogen) atoms. The lowest BCUT2D eigenvalue weighted by Gasteiger charge is -2.26. The third-order valence-electron chi connectivity index (χ3n) is 3.63. The normalized spacial score (nSPS) is 22.6. The number of thioether (sulfide) groups is 1. The number of amides is 1. The second kappa shape index (κ2) is 4.37. The number of carbonyl (C=O) groups excluding carboxylic acids is 1. The minimum Gasteiger partial charge on any atom is -0.324 e. The maximum atomic E-state index is 11.8. The lowest BCUT2D eigenvalue weighted by atomic mass is 9.91. The third-order valence-corrected chi connectivity index (χ3v) is 5.06. The second-order valence-electron chi connectivity index (χ2n) is 4.83. The van der Waals surface area contributed by atoms with E-state index in [4.69, 9.17) is 0 Å². The highest BCUT2D eigenvalue weighted by molar-refractivity contribution is 8.01. The summed E-state index contributed by atoms with van der Waals surface area (Å²) in [5, 5.41) is 3.14. The van der Waals surface area contributed by atoms with E-state index in [-0.39, 0.29) is 11.2 Å². The topological polar surface area (TPSA) is 29.1 Å². The fourth-order valence-electron chi connectivity index (χ4n) is 2.65. The highest BCUT2D eigenvalue weighted by Crippen LogP contribution is 2.39. The van der Waals surface area contributed by atoms with Crippen LogP contribution in [0.25, 0.3) is 0 Å². The molecular weight excluding hydrogens is 230 g/mol. The Morgan fingerprint density at radius 3 is 2.71 bits per heavy atom. The second-order valence-corrected chi connectivity index (χ2v) is 6.07. The van der Waals surface area contributed by atoms with Crippen molar-refractivity contribution in [1.29, 1.82) is 0 Å². The first kappa shape index (κ1) is 11.1.